The van der Waals surface area contributed by atoms with Crippen molar-refractivity contribution in [2.45, 2.75) is 305 Å². The molecule has 144 heavy (non-hydrogen) atoms. The van der Waals surface area contributed by atoms with Gasteiger partial charge in [0.1, 0.15) is 44.1 Å². The van der Waals surface area contributed by atoms with Crippen molar-refractivity contribution in [2.75, 3.05) is 51.4 Å². The summed E-state index contributed by atoms with van der Waals surface area (Å²) in [7, 11) is 0. The van der Waals surface area contributed by atoms with Crippen molar-refractivity contribution in [1.82, 2.24) is 59.3 Å². The molecule has 24 N–H and O–H groups in total. The van der Waals surface area contributed by atoms with E-state index < -0.39 is 145 Å². The molecule has 0 radical (unpaired) electrons. The average molecular weight is 2110 g/mol. The Morgan fingerprint density at radius 2 is 0.847 bits per heavy atom. The summed E-state index contributed by atoms with van der Waals surface area (Å²) in [5, 5.41) is 115. The number of ether oxygens (including phenoxy) is 2. The molecular weight excluding hydrogens is 1960 g/mol. The number of aldehydes is 5. The number of nitrogens with zero attached hydrogens (tertiary/aromatic N) is 1. The standard InChI is InChI=1S/C41H76N6O9.C17H11BrN2O.4C8H11NO6.C2H4O.3CH4.H3N/c1-4-5-28-55-29-30-56-33-38(50)43-26-21-17-13-8-6-10-14-18-22-36(48)42-25-20-16-12-9-7-11-15-19-23-37(49)44-35(39(51)52)24-27-47-32-34(45-46-47)31-41(2,3)40(53)54;18-10-5-6-12-14(8-10)20-17(21)15(12)13-7-9-3-1-2-4-11(9)16(13)19;4*10-4-5(3-8(14)15)9-6(11)1-2-7(12)13;1-2-3;;;;/h32,35,45-46H,4-31,33H2,1-3H3,(H,42,48)(H,43,50)(H,44,49)(H,51,52)(H,53,54);1-6,8,19H,7H2,(H,20,21);4*4-5H,1-3H2,(H,9,11)(H,12,13)(H,14,15);2H,1H3;3*1H4;1H3/b;15-13+,19-16?;;;;;;;;;. The summed E-state index contributed by atoms with van der Waals surface area (Å²) >= 11 is 3.41. The van der Waals surface area contributed by atoms with E-state index in [1.54, 1.807) is 25.1 Å². The topological polar surface area (TPSA) is 796 Å². The summed E-state index contributed by atoms with van der Waals surface area (Å²) in [6.07, 6.45) is 20.0. The first-order chi connectivity index (χ1) is 66.3. The number of carbonyl (C=O) groups is 23. The number of carbonyl (C=O) groups excluding carboxylic acids is 13. The molecule has 5 unspecified atom stereocenters. The van der Waals surface area contributed by atoms with Crippen molar-refractivity contribution in [1.29, 1.82) is 5.41 Å². The normalized spacial score (nSPS) is 12.8. The van der Waals surface area contributed by atoms with Crippen LogP contribution in [0.4, 0.5) is 5.69 Å². The molecule has 0 bridgehead atoms. The van der Waals surface area contributed by atoms with Gasteiger partial charge in [0.2, 0.25) is 41.4 Å². The van der Waals surface area contributed by atoms with E-state index in [0.29, 0.717) is 94.1 Å². The molecule has 3 aliphatic rings. The van der Waals surface area contributed by atoms with Crippen molar-refractivity contribution in [3.05, 3.63) is 81.1 Å². The van der Waals surface area contributed by atoms with E-state index in [1.165, 1.54) is 19.8 Å². The van der Waals surface area contributed by atoms with Gasteiger partial charge in [0, 0.05) is 105 Å². The maximum absolute atomic E-state index is 12.4. The van der Waals surface area contributed by atoms with Crippen LogP contribution in [0.3, 0.4) is 0 Å². The number of hydrogen-bond donors (Lipinski definition) is 22. The molecule has 0 fully saturated rings. The minimum Gasteiger partial charge on any atom is -0.481 e. The zero-order valence-electron chi connectivity index (χ0n) is 79.8. The van der Waals surface area contributed by atoms with Gasteiger partial charge in [-0.3, -0.25) is 91.9 Å². The fraction of sp³-hybridized carbons (Fsp3) is 0.579. The fourth-order valence-electron chi connectivity index (χ4n) is 12.4. The van der Waals surface area contributed by atoms with Gasteiger partial charge in [-0.05, 0) is 82.6 Å². The van der Waals surface area contributed by atoms with Gasteiger partial charge in [0.15, 0.2) is 0 Å². The molecule has 2 heterocycles. The highest BCUT2D eigenvalue weighted by Crippen LogP contribution is 2.40. The summed E-state index contributed by atoms with van der Waals surface area (Å²) in [5.74, 6) is -14.3. The van der Waals surface area contributed by atoms with Crippen molar-refractivity contribution >= 4 is 171 Å². The van der Waals surface area contributed by atoms with Gasteiger partial charge >= 0.3 is 59.7 Å². The smallest absolute Gasteiger partial charge is 0.326 e. The van der Waals surface area contributed by atoms with Crippen molar-refractivity contribution < 1.29 is 171 Å². The number of allylic oxidation sites excluding steroid dienone is 2. The van der Waals surface area contributed by atoms with Crippen LogP contribution in [0.1, 0.15) is 285 Å². The maximum atomic E-state index is 12.4. The lowest BCUT2D eigenvalue weighted by Crippen LogP contribution is -2.44. The van der Waals surface area contributed by atoms with Crippen LogP contribution in [-0.2, 0) is 126 Å². The summed E-state index contributed by atoms with van der Waals surface area (Å²) < 4.78 is 11.7. The third-order valence-electron chi connectivity index (χ3n) is 19.6. The summed E-state index contributed by atoms with van der Waals surface area (Å²) in [4.78, 5) is 247. The lowest BCUT2D eigenvalue weighted by atomic mass is 9.88. The molecule has 2 aromatic carbocycles. The SMILES string of the molecule is C.C.C.CC=O.CCCCOCCOCC(=O)NCCCCCCCCCCC(=O)NCCCCCCCCCCC(=O)NC(CCN1C=C(CC(C)(C)C(=O)O)NN1)C(=O)O.N.N=C1/C(=C2/C(=O)Nc3cc(Br)ccc32)Cc2ccccc21.O=CC(CC(=O)O)NC(=O)CCC(=O)O.O=CC(CC(=O)O)NC(=O)CCC(=O)O.O=CC(CC(=O)O)NC(=O)CCC(=O)O.O=CC(CC(=O)O)NC(=O)CCC(=O)O. The molecule has 49 heteroatoms. The van der Waals surface area contributed by atoms with Crippen molar-refractivity contribution in [3.63, 3.8) is 0 Å². The third kappa shape index (κ3) is 73.4. The Bertz CT molecular complexity index is 4230. The third-order valence-corrected chi connectivity index (χ3v) is 20.1. The zero-order valence-corrected chi connectivity index (χ0v) is 81.4. The van der Waals surface area contributed by atoms with Crippen LogP contribution in [-0.4, -0.2) is 276 Å². The highest BCUT2D eigenvalue weighted by molar-refractivity contribution is 9.10. The van der Waals surface area contributed by atoms with Gasteiger partial charge < -0.3 is 139 Å². The minimum absolute atomic E-state index is 0. The molecule has 5 rings (SSSR count). The predicted octanol–water partition coefficient (Wildman–Crippen LogP) is 7.79. The first-order valence-corrected chi connectivity index (χ1v) is 46.2. The molecule has 2 aliphatic heterocycles. The Morgan fingerprint density at radius 1 is 0.472 bits per heavy atom. The Hall–Kier alpha value is -13.7. The van der Waals surface area contributed by atoms with Gasteiger partial charge in [-0.1, -0.05) is 159 Å². The van der Waals surface area contributed by atoms with Crippen LogP contribution in [0.25, 0.3) is 5.57 Å². The molecule has 48 nitrogen and oxygen atoms in total. The second-order valence-corrected chi connectivity index (χ2v) is 33.1. The molecule has 2 aromatic rings. The van der Waals surface area contributed by atoms with Gasteiger partial charge in [0.25, 0.3) is 5.91 Å². The minimum atomic E-state index is -1.22. The quantitative estimate of drug-likeness (QED) is 0.0171. The number of halogens is 1. The lowest BCUT2D eigenvalue weighted by Gasteiger charge is -2.19. The highest BCUT2D eigenvalue weighted by Gasteiger charge is 2.34. The van der Waals surface area contributed by atoms with Crippen LogP contribution in [0, 0.1) is 10.8 Å². The number of aliphatic carboxylic acids is 10. The number of fused-ring (bicyclic) bond motifs is 2. The fourth-order valence-corrected chi connectivity index (χ4v) is 12.8. The van der Waals surface area contributed by atoms with Crippen LogP contribution in [0.15, 0.2) is 64.4 Å². The zero-order chi connectivity index (χ0) is 106. The largest absolute Gasteiger partial charge is 0.481 e. The van der Waals surface area contributed by atoms with Gasteiger partial charge in [-0.25, -0.2) is 4.79 Å². The number of rotatable bonds is 66. The van der Waals surface area contributed by atoms with Crippen molar-refractivity contribution in [3.8, 4) is 0 Å². The van der Waals surface area contributed by atoms with E-state index in [0.717, 1.165) is 148 Å². The Labute approximate surface area is 845 Å². The first kappa shape index (κ1) is 141. The monoisotopic (exact) mass is 2110 g/mol. The number of nitrogens with one attached hydrogen (secondary N) is 11. The van der Waals surface area contributed by atoms with Gasteiger partial charge in [-0.15, -0.1) is 5.53 Å². The molecule has 0 saturated carbocycles. The van der Waals surface area contributed by atoms with Gasteiger partial charge in [-0.2, -0.15) is 0 Å². The average Bonchev–Trinajstić information content (AvgIpc) is 1.60. The highest BCUT2D eigenvalue weighted by atomic mass is 79.9. The molecule has 8 amide bonds. The number of hydrogen-bond acceptors (Lipinski definition) is 30. The molecule has 0 aromatic heterocycles. The van der Waals surface area contributed by atoms with Crippen LogP contribution in [0.5, 0.6) is 0 Å². The second-order valence-electron chi connectivity index (χ2n) is 32.2. The second kappa shape index (κ2) is 85.0. The number of amides is 8. The number of carboxylic acids is 10. The number of unbranched alkanes of at least 4 members (excludes halogenated alkanes) is 15. The molecule has 0 spiro atoms. The molecule has 1 aliphatic carbocycles. The molecular formula is C95H150BrN13O35. The van der Waals surface area contributed by atoms with Crippen LogP contribution >= 0.6 is 15.9 Å². The molecule has 0 saturated heterocycles. The summed E-state index contributed by atoms with van der Waals surface area (Å²) in [5.41, 5.74) is 11.2. The Morgan fingerprint density at radius 3 is 1.22 bits per heavy atom. The molecule has 812 valence electrons. The van der Waals surface area contributed by atoms with E-state index in [2.05, 4.69) is 76.3 Å². The number of hydrazine groups is 2. The van der Waals surface area contributed by atoms with Crippen molar-refractivity contribution in [2.24, 2.45) is 5.41 Å². The van der Waals surface area contributed by atoms with E-state index in [4.69, 9.17) is 60.5 Å². The van der Waals surface area contributed by atoms with E-state index >= 15 is 0 Å². The van der Waals surface area contributed by atoms with Crippen LogP contribution < -0.4 is 59.6 Å². The Kier molecular flexibility index (Phi) is 83.2. The Balaban J connectivity index is -0.000000442. The lowest BCUT2D eigenvalue weighted by molar-refractivity contribution is -0.147. The number of carboxylic acid groups (broad SMARTS) is 10. The maximum Gasteiger partial charge on any atom is 0.326 e. The van der Waals surface area contributed by atoms with E-state index in [9.17, 15) is 116 Å². The number of anilines is 1. The molecule has 5 atom stereocenters. The number of benzene rings is 2. The predicted molar refractivity (Wildman–Crippen MR) is 529 cm³/mol. The van der Waals surface area contributed by atoms with E-state index in [1.807, 2.05) is 42.5 Å². The van der Waals surface area contributed by atoms with E-state index in [-0.39, 0.29) is 123 Å². The van der Waals surface area contributed by atoms with Crippen LogP contribution in [0.2, 0.25) is 0 Å². The first-order valence-electron chi connectivity index (χ1n) is 45.4. The summed E-state index contributed by atoms with van der Waals surface area (Å²) in [6.45, 7) is 10.4. The van der Waals surface area contributed by atoms with Gasteiger partial charge in [0.05, 0.1) is 111 Å². The summed E-state index contributed by atoms with van der Waals surface area (Å²) in [6, 6.07) is 8.17.